The number of quaternary nitrogens is 1. The number of carbonyl (C=O) groups excluding carboxylic acids is 2. The molecule has 68 heavy (non-hydrogen) atoms. The number of carbonyl (C=O) groups is 2. The monoisotopic (exact) mass is 975 g/mol. The molecule has 0 radical (unpaired) electrons. The molecule has 0 aliphatic carbocycles. The summed E-state index contributed by atoms with van der Waals surface area (Å²) >= 11 is 0. The van der Waals surface area contributed by atoms with E-state index in [0.717, 1.165) is 122 Å². The largest absolute Gasteiger partial charge is 0.756 e. The molecule has 0 fully saturated rings. The van der Waals surface area contributed by atoms with Crippen LogP contribution in [-0.4, -0.2) is 69.4 Å². The lowest BCUT2D eigenvalue weighted by Gasteiger charge is -2.30. The maximum Gasteiger partial charge on any atom is 0.306 e. The molecule has 0 aromatic carbocycles. The van der Waals surface area contributed by atoms with Crippen LogP contribution in [0.25, 0.3) is 0 Å². The Bertz CT molecular complexity index is 1350. The predicted octanol–water partition coefficient (Wildman–Crippen LogP) is 16.1. The smallest absolute Gasteiger partial charge is 0.306 e. The number of amides is 1. The Balaban J connectivity index is 5.34. The van der Waals surface area contributed by atoms with Crippen molar-refractivity contribution in [3.63, 3.8) is 0 Å². The lowest BCUT2D eigenvalue weighted by Crippen LogP contribution is -2.47. The molecule has 0 spiro atoms. The van der Waals surface area contributed by atoms with Gasteiger partial charge < -0.3 is 28.5 Å². The maximum absolute atomic E-state index is 13.5. The number of likely N-dealkylation sites (N-methyl/N-ethyl adjacent to an activating group) is 1. The molecule has 0 saturated heterocycles. The van der Waals surface area contributed by atoms with Crippen LogP contribution in [0, 0.1) is 0 Å². The molecule has 0 rings (SSSR count). The molecule has 0 aliphatic rings. The summed E-state index contributed by atoms with van der Waals surface area (Å²) in [6.45, 7) is 6.75. The summed E-state index contributed by atoms with van der Waals surface area (Å²) < 4.78 is 30.2. The van der Waals surface area contributed by atoms with Crippen molar-refractivity contribution in [3.8, 4) is 0 Å². The highest BCUT2D eigenvalue weighted by molar-refractivity contribution is 7.45. The minimum Gasteiger partial charge on any atom is -0.756 e. The average Bonchev–Trinajstić information content (AvgIpc) is 3.29. The van der Waals surface area contributed by atoms with Gasteiger partial charge in [-0.2, -0.15) is 0 Å². The van der Waals surface area contributed by atoms with E-state index >= 15 is 0 Å². The Morgan fingerprint density at radius 3 is 1.43 bits per heavy atom. The molecular weight excluding hydrogens is 868 g/mol. The van der Waals surface area contributed by atoms with Crippen molar-refractivity contribution < 1.29 is 37.3 Å². The van der Waals surface area contributed by atoms with Crippen molar-refractivity contribution in [2.24, 2.45) is 0 Å². The first-order chi connectivity index (χ1) is 32.9. The summed E-state index contributed by atoms with van der Waals surface area (Å²) in [5, 5.41) is 3.01. The fourth-order valence-electron chi connectivity index (χ4n) is 7.74. The van der Waals surface area contributed by atoms with E-state index < -0.39 is 26.6 Å². The van der Waals surface area contributed by atoms with Crippen LogP contribution < -0.4 is 10.2 Å². The molecule has 1 N–H and O–H groups in total. The zero-order valence-electron chi connectivity index (χ0n) is 45.1. The fraction of sp³-hybridized carbons (Fsp3) is 0.793. The number of nitrogens with one attached hydrogen (secondary N) is 1. The first-order valence-corrected chi connectivity index (χ1v) is 29.6. The lowest BCUT2D eigenvalue weighted by atomic mass is 10.0. The summed E-state index contributed by atoms with van der Waals surface area (Å²) in [5.74, 6) is -0.568. The maximum atomic E-state index is 13.5. The van der Waals surface area contributed by atoms with E-state index in [2.05, 4.69) is 74.7 Å². The van der Waals surface area contributed by atoms with Gasteiger partial charge in [0.2, 0.25) is 5.91 Å². The summed E-state index contributed by atoms with van der Waals surface area (Å²) in [7, 11) is 1.17. The molecule has 3 unspecified atom stereocenters. The SMILES string of the molecule is CCCC/C=C\CCCCCCCC(=O)OC(/C=C\CCCCCCCCCCCC)C(COP(=O)([O-])OCC[N+](C)(C)C)NC(=O)CCCCCCCC/C=C\C/C=C\C/C=C\CCCCC. The first kappa shape index (κ1) is 65.7. The molecule has 3 atom stereocenters. The number of phosphoric acid groups is 1. The van der Waals surface area contributed by atoms with E-state index in [4.69, 9.17) is 13.8 Å². The van der Waals surface area contributed by atoms with Crippen LogP contribution in [0.5, 0.6) is 0 Å². The highest BCUT2D eigenvalue weighted by Gasteiger charge is 2.27. The van der Waals surface area contributed by atoms with Crippen molar-refractivity contribution in [1.82, 2.24) is 5.32 Å². The molecule has 396 valence electrons. The van der Waals surface area contributed by atoms with E-state index in [1.165, 1.54) is 89.9 Å². The van der Waals surface area contributed by atoms with Crippen molar-refractivity contribution >= 4 is 19.7 Å². The van der Waals surface area contributed by atoms with Gasteiger partial charge in [0.1, 0.15) is 19.3 Å². The summed E-state index contributed by atoms with van der Waals surface area (Å²) in [6, 6.07) is -0.897. The highest BCUT2D eigenvalue weighted by Crippen LogP contribution is 2.38. The Labute approximate surface area is 420 Å². The van der Waals surface area contributed by atoms with Crippen LogP contribution in [0.3, 0.4) is 0 Å². The van der Waals surface area contributed by atoms with Gasteiger partial charge in [0.25, 0.3) is 7.82 Å². The zero-order valence-corrected chi connectivity index (χ0v) is 45.9. The third-order valence-corrected chi connectivity index (χ3v) is 13.1. The van der Waals surface area contributed by atoms with E-state index in [1.807, 2.05) is 33.3 Å². The van der Waals surface area contributed by atoms with Gasteiger partial charge in [-0.05, 0) is 89.5 Å². The van der Waals surface area contributed by atoms with Crippen LogP contribution in [0.1, 0.15) is 245 Å². The Hall–Kier alpha value is -2.29. The molecule has 0 bridgehead atoms. The second kappa shape index (κ2) is 48.3. The van der Waals surface area contributed by atoms with Crippen molar-refractivity contribution in [2.75, 3.05) is 40.9 Å². The minimum atomic E-state index is -4.70. The number of hydrogen-bond donors (Lipinski definition) is 1. The van der Waals surface area contributed by atoms with E-state index in [9.17, 15) is 19.0 Å². The van der Waals surface area contributed by atoms with E-state index in [0.29, 0.717) is 17.4 Å². The van der Waals surface area contributed by atoms with Gasteiger partial charge in [-0.3, -0.25) is 14.2 Å². The van der Waals surface area contributed by atoms with Gasteiger partial charge in [0.05, 0.1) is 33.8 Å². The van der Waals surface area contributed by atoms with E-state index in [-0.39, 0.29) is 24.9 Å². The van der Waals surface area contributed by atoms with Crippen LogP contribution in [0.4, 0.5) is 0 Å². The topological polar surface area (TPSA) is 114 Å². The molecule has 0 saturated carbocycles. The highest BCUT2D eigenvalue weighted by atomic mass is 31.2. The second-order valence-corrected chi connectivity index (χ2v) is 21.5. The Morgan fingerprint density at radius 1 is 0.515 bits per heavy atom. The number of rotatable bonds is 50. The number of ether oxygens (including phenoxy) is 1. The average molecular weight is 975 g/mol. The lowest BCUT2D eigenvalue weighted by molar-refractivity contribution is -0.870. The van der Waals surface area contributed by atoms with Crippen LogP contribution in [0.2, 0.25) is 0 Å². The molecule has 0 aromatic heterocycles. The molecule has 0 aromatic rings. The number of allylic oxidation sites excluding steroid dienone is 9. The zero-order chi connectivity index (χ0) is 50.1. The first-order valence-electron chi connectivity index (χ1n) is 28.1. The molecule has 0 heterocycles. The van der Waals surface area contributed by atoms with Crippen molar-refractivity contribution in [2.45, 2.75) is 258 Å². The minimum absolute atomic E-state index is 0.0278. The van der Waals surface area contributed by atoms with Gasteiger partial charge >= 0.3 is 5.97 Å². The molecule has 1 amide bonds. The normalized spacial score (nSPS) is 14.3. The van der Waals surface area contributed by atoms with Crippen molar-refractivity contribution in [3.05, 3.63) is 60.8 Å². The summed E-state index contributed by atoms with van der Waals surface area (Å²) in [5.41, 5.74) is 0. The van der Waals surface area contributed by atoms with Gasteiger partial charge in [-0.1, -0.05) is 204 Å². The third kappa shape index (κ3) is 48.7. The fourth-order valence-corrected chi connectivity index (χ4v) is 8.47. The Kier molecular flexibility index (Phi) is 46.7. The van der Waals surface area contributed by atoms with Gasteiger partial charge in [0.15, 0.2) is 0 Å². The summed E-state index contributed by atoms with van der Waals surface area (Å²) in [4.78, 5) is 39.7. The number of esters is 1. The van der Waals surface area contributed by atoms with Gasteiger partial charge in [-0.15, -0.1) is 0 Å². The second-order valence-electron chi connectivity index (χ2n) is 20.1. The van der Waals surface area contributed by atoms with Crippen molar-refractivity contribution in [1.29, 1.82) is 0 Å². The number of nitrogens with zero attached hydrogens (tertiary/aromatic N) is 1. The van der Waals surface area contributed by atoms with Crippen LogP contribution in [-0.2, 0) is 27.9 Å². The van der Waals surface area contributed by atoms with Gasteiger partial charge in [-0.25, -0.2) is 0 Å². The third-order valence-electron chi connectivity index (χ3n) is 12.2. The molecule has 0 aliphatic heterocycles. The van der Waals surface area contributed by atoms with Gasteiger partial charge in [0, 0.05) is 12.8 Å². The number of unbranched alkanes of at least 4 members (excludes halogenated alkanes) is 26. The predicted molar refractivity (Wildman–Crippen MR) is 289 cm³/mol. The Morgan fingerprint density at radius 2 is 0.912 bits per heavy atom. The summed E-state index contributed by atoms with van der Waals surface area (Å²) in [6.07, 6.45) is 58.9. The quantitative estimate of drug-likeness (QED) is 0.0212. The molecular formula is C58H107N2O7P. The van der Waals surface area contributed by atoms with E-state index in [1.54, 1.807) is 0 Å². The van der Waals surface area contributed by atoms with Crippen LogP contribution in [0.15, 0.2) is 60.8 Å². The number of phosphoric ester groups is 1. The molecule has 9 nitrogen and oxygen atoms in total. The van der Waals surface area contributed by atoms with Crippen LogP contribution >= 0.6 is 7.82 Å². The standard InChI is InChI=1S/C58H107N2O7P/c1-7-10-13-16-19-22-25-27-28-29-30-31-32-33-36-38-41-44-47-50-57(61)59-55(54-66-68(63,64)65-53-52-60(4,5)6)56(49-46-43-40-37-35-26-23-20-17-14-11-8-2)67-58(62)51-48-45-42-39-34-24-21-18-15-12-9-3/h18-19,21-22,27-28,30-31,46,49,55-56H,7-17,20,23-26,29,32-45,47-48,50-54H2,1-6H3,(H-,59,61,63,64)/b21-18-,22-19-,28-27-,31-30-,49-46-. The molecule has 10 heteroatoms. The number of hydrogen-bond acceptors (Lipinski definition) is 7.